The van der Waals surface area contributed by atoms with E-state index in [1.165, 1.54) is 0 Å². The molecule has 0 saturated carbocycles. The molecule has 0 radical (unpaired) electrons. The van der Waals surface area contributed by atoms with E-state index in [0.29, 0.717) is 31.3 Å². The van der Waals surface area contributed by atoms with Crippen LogP contribution in [0.25, 0.3) is 11.4 Å². The van der Waals surface area contributed by atoms with E-state index in [0.717, 1.165) is 22.4 Å². The van der Waals surface area contributed by atoms with Crippen LogP contribution in [0.4, 0.5) is 0 Å². The van der Waals surface area contributed by atoms with Gasteiger partial charge in [-0.05, 0) is 42.3 Å². The molecule has 4 rings (SSSR count). The van der Waals surface area contributed by atoms with E-state index in [1.807, 2.05) is 91.9 Å². The summed E-state index contributed by atoms with van der Waals surface area (Å²) in [5.41, 5.74) is 2.91. The number of carbonyl (C=O) groups is 1. The summed E-state index contributed by atoms with van der Waals surface area (Å²) in [7, 11) is 1.62. The predicted molar refractivity (Wildman–Crippen MR) is 133 cm³/mol. The smallest absolute Gasteiger partial charge is 0.249 e. The summed E-state index contributed by atoms with van der Waals surface area (Å²) in [6.45, 7) is 2.82. The first-order chi connectivity index (χ1) is 17.1. The van der Waals surface area contributed by atoms with Crippen LogP contribution in [0.3, 0.4) is 0 Å². The molecule has 0 unspecified atom stereocenters. The lowest BCUT2D eigenvalue weighted by Crippen LogP contribution is -2.37. The van der Waals surface area contributed by atoms with Gasteiger partial charge in [0.2, 0.25) is 17.6 Å². The average molecular weight is 472 g/mol. The summed E-state index contributed by atoms with van der Waals surface area (Å²) < 4.78 is 16.4. The molecule has 0 aliphatic carbocycles. The van der Waals surface area contributed by atoms with Gasteiger partial charge in [0.05, 0.1) is 19.8 Å². The zero-order valence-electron chi connectivity index (χ0n) is 20.0. The second-order valence-electron chi connectivity index (χ2n) is 8.14. The molecule has 0 aliphatic rings. The molecule has 1 atom stereocenters. The Kier molecular flexibility index (Phi) is 8.25. The van der Waals surface area contributed by atoms with Gasteiger partial charge in [-0.3, -0.25) is 4.79 Å². The van der Waals surface area contributed by atoms with Crippen LogP contribution in [0.5, 0.6) is 5.75 Å². The summed E-state index contributed by atoms with van der Waals surface area (Å²) in [5, 5.41) is 4.10. The first-order valence-electron chi connectivity index (χ1n) is 11.6. The Hall–Kier alpha value is -3.97. The van der Waals surface area contributed by atoms with Gasteiger partial charge in [0.25, 0.3) is 0 Å². The van der Waals surface area contributed by atoms with E-state index in [9.17, 15) is 4.79 Å². The van der Waals surface area contributed by atoms with E-state index in [1.54, 1.807) is 12.0 Å². The number of benzene rings is 3. The SMILES string of the molecule is COc1ccc(-c2noc(CCN(C(=O)COCc3ccccc3)[C@H](C)c3ccccc3)n2)cc1. The topological polar surface area (TPSA) is 77.7 Å². The number of aromatic nitrogens is 2. The van der Waals surface area contributed by atoms with Crippen molar-refractivity contribution in [3.8, 4) is 17.1 Å². The number of carbonyl (C=O) groups excluding carboxylic acids is 1. The highest BCUT2D eigenvalue weighted by Crippen LogP contribution is 2.22. The van der Waals surface area contributed by atoms with E-state index in [4.69, 9.17) is 14.0 Å². The molecule has 7 nitrogen and oxygen atoms in total. The molecule has 4 aromatic rings. The number of methoxy groups -OCH3 is 1. The number of rotatable bonds is 11. The van der Waals surface area contributed by atoms with Gasteiger partial charge in [0.1, 0.15) is 12.4 Å². The minimum absolute atomic E-state index is 0.00694. The normalized spacial score (nSPS) is 11.7. The monoisotopic (exact) mass is 471 g/mol. The van der Waals surface area contributed by atoms with Crippen molar-refractivity contribution in [1.29, 1.82) is 0 Å². The van der Waals surface area contributed by atoms with Crippen molar-refractivity contribution >= 4 is 5.91 Å². The maximum Gasteiger partial charge on any atom is 0.249 e. The standard InChI is InChI=1S/C28H29N3O4/c1-21(23-11-7-4-8-12-23)31(27(32)20-34-19-22-9-5-3-6-10-22)18-17-26-29-28(30-35-26)24-13-15-25(33-2)16-14-24/h3-16,21H,17-20H2,1-2H3/t21-/m1/s1. The van der Waals surface area contributed by atoms with E-state index < -0.39 is 0 Å². The Morgan fingerprint density at radius 3 is 2.34 bits per heavy atom. The van der Waals surface area contributed by atoms with Gasteiger partial charge in [-0.1, -0.05) is 65.8 Å². The lowest BCUT2D eigenvalue weighted by molar-refractivity contribution is -0.138. The molecule has 0 spiro atoms. The second kappa shape index (κ2) is 11.9. The fourth-order valence-corrected chi connectivity index (χ4v) is 3.79. The van der Waals surface area contributed by atoms with Crippen molar-refractivity contribution in [1.82, 2.24) is 15.0 Å². The lowest BCUT2D eigenvalue weighted by atomic mass is 10.1. The summed E-state index contributed by atoms with van der Waals surface area (Å²) in [5.74, 6) is 1.64. The van der Waals surface area contributed by atoms with Crippen LogP contribution in [0.15, 0.2) is 89.5 Å². The summed E-state index contributed by atoms with van der Waals surface area (Å²) in [6, 6.07) is 27.1. The molecule has 0 bridgehead atoms. The Labute approximate surface area is 205 Å². The van der Waals surface area contributed by atoms with Crippen LogP contribution in [-0.2, 0) is 22.6 Å². The van der Waals surface area contributed by atoms with Crippen molar-refractivity contribution < 1.29 is 18.8 Å². The Morgan fingerprint density at radius 2 is 1.66 bits per heavy atom. The number of hydrogen-bond acceptors (Lipinski definition) is 6. The minimum Gasteiger partial charge on any atom is -0.497 e. The highest BCUT2D eigenvalue weighted by molar-refractivity contribution is 5.78. The van der Waals surface area contributed by atoms with Crippen LogP contribution in [0, 0.1) is 0 Å². The van der Waals surface area contributed by atoms with Gasteiger partial charge in [-0.15, -0.1) is 0 Å². The molecular weight excluding hydrogens is 442 g/mol. The Morgan fingerprint density at radius 1 is 0.971 bits per heavy atom. The van der Waals surface area contributed by atoms with E-state index in [-0.39, 0.29) is 18.6 Å². The number of ether oxygens (including phenoxy) is 2. The van der Waals surface area contributed by atoms with Crippen molar-refractivity contribution in [2.75, 3.05) is 20.3 Å². The lowest BCUT2D eigenvalue weighted by Gasteiger charge is -2.29. The van der Waals surface area contributed by atoms with Gasteiger partial charge in [0.15, 0.2) is 0 Å². The molecule has 1 heterocycles. The average Bonchev–Trinajstić information content (AvgIpc) is 3.39. The largest absolute Gasteiger partial charge is 0.497 e. The van der Waals surface area contributed by atoms with Crippen LogP contribution < -0.4 is 4.74 Å². The summed E-state index contributed by atoms with van der Waals surface area (Å²) in [4.78, 5) is 19.5. The first-order valence-corrected chi connectivity index (χ1v) is 11.6. The third kappa shape index (κ3) is 6.55. The number of amides is 1. The van der Waals surface area contributed by atoms with Crippen molar-refractivity contribution in [2.24, 2.45) is 0 Å². The zero-order chi connectivity index (χ0) is 24.5. The molecule has 3 aromatic carbocycles. The highest BCUT2D eigenvalue weighted by atomic mass is 16.5. The van der Waals surface area contributed by atoms with Crippen molar-refractivity contribution in [2.45, 2.75) is 26.0 Å². The van der Waals surface area contributed by atoms with Crippen molar-refractivity contribution in [3.63, 3.8) is 0 Å². The molecule has 0 N–H and O–H groups in total. The molecule has 0 aliphatic heterocycles. The maximum atomic E-state index is 13.2. The molecule has 1 amide bonds. The molecular formula is C28H29N3O4. The number of nitrogens with zero attached hydrogens (tertiary/aromatic N) is 3. The Balaban J connectivity index is 1.42. The third-order valence-corrected chi connectivity index (χ3v) is 5.79. The van der Waals surface area contributed by atoms with E-state index in [2.05, 4.69) is 10.1 Å². The number of hydrogen-bond donors (Lipinski definition) is 0. The highest BCUT2D eigenvalue weighted by Gasteiger charge is 2.22. The van der Waals surface area contributed by atoms with Gasteiger partial charge < -0.3 is 18.9 Å². The quantitative estimate of drug-likeness (QED) is 0.303. The van der Waals surface area contributed by atoms with Gasteiger partial charge in [-0.2, -0.15) is 4.98 Å². The second-order valence-corrected chi connectivity index (χ2v) is 8.14. The fraction of sp³-hybridized carbons (Fsp3) is 0.250. The van der Waals surface area contributed by atoms with Gasteiger partial charge in [0, 0.05) is 18.5 Å². The first kappa shape index (κ1) is 24.2. The third-order valence-electron chi connectivity index (χ3n) is 5.79. The molecule has 0 saturated heterocycles. The molecule has 7 heteroatoms. The molecule has 35 heavy (non-hydrogen) atoms. The van der Waals surface area contributed by atoms with Crippen LogP contribution >= 0.6 is 0 Å². The maximum absolute atomic E-state index is 13.2. The van der Waals surface area contributed by atoms with Gasteiger partial charge >= 0.3 is 0 Å². The molecule has 0 fully saturated rings. The van der Waals surface area contributed by atoms with Crippen LogP contribution in [0.2, 0.25) is 0 Å². The summed E-state index contributed by atoms with van der Waals surface area (Å²) in [6.07, 6.45) is 0.435. The zero-order valence-corrected chi connectivity index (χ0v) is 20.0. The van der Waals surface area contributed by atoms with Crippen LogP contribution in [0.1, 0.15) is 30.0 Å². The predicted octanol–water partition coefficient (Wildman–Crippen LogP) is 5.09. The van der Waals surface area contributed by atoms with Crippen molar-refractivity contribution in [3.05, 3.63) is 102 Å². The summed E-state index contributed by atoms with van der Waals surface area (Å²) >= 11 is 0. The van der Waals surface area contributed by atoms with E-state index >= 15 is 0 Å². The molecule has 1 aromatic heterocycles. The molecule has 180 valence electrons. The van der Waals surface area contributed by atoms with Gasteiger partial charge in [-0.25, -0.2) is 0 Å². The Bertz CT molecular complexity index is 1190. The fourth-order valence-electron chi connectivity index (χ4n) is 3.79. The van der Waals surface area contributed by atoms with Crippen LogP contribution in [-0.4, -0.2) is 41.2 Å². The minimum atomic E-state index is -0.131.